The number of nitrogens with zero attached hydrogens (tertiary/aromatic N) is 2. The first-order chi connectivity index (χ1) is 15.8. The Labute approximate surface area is 187 Å². The van der Waals surface area contributed by atoms with E-state index in [0.29, 0.717) is 0 Å². The van der Waals surface area contributed by atoms with Crippen molar-refractivity contribution < 1.29 is 14.2 Å². The molecule has 0 radical (unpaired) electrons. The molecule has 5 aromatic rings. The molecule has 156 valence electrons. The van der Waals surface area contributed by atoms with E-state index in [1.807, 2.05) is 53.2 Å². The van der Waals surface area contributed by atoms with Gasteiger partial charge in [-0.2, -0.15) is 0 Å². The highest BCUT2D eigenvalue weighted by molar-refractivity contribution is 6.00. The molecule has 0 atom stereocenters. The topological polar surface area (TPSA) is 35.2 Å². The quantitative estimate of drug-likeness (QED) is 0.335. The van der Waals surface area contributed by atoms with E-state index in [1.165, 1.54) is 0 Å². The summed E-state index contributed by atoms with van der Waals surface area (Å²) < 4.78 is 12.9. The summed E-state index contributed by atoms with van der Waals surface area (Å²) in [5.74, 6) is 1.61. The maximum absolute atomic E-state index is 5.55. The summed E-state index contributed by atoms with van der Waals surface area (Å²) in [6.45, 7) is 0. The largest absolute Gasteiger partial charge is 0.497 e. The lowest BCUT2D eigenvalue weighted by Gasteiger charge is -2.13. The predicted molar refractivity (Wildman–Crippen MR) is 127 cm³/mol. The third kappa shape index (κ3) is 3.56. The Bertz CT molecular complexity index is 1370. The lowest BCUT2D eigenvalue weighted by atomic mass is 9.95. The fourth-order valence-corrected chi connectivity index (χ4v) is 3.99. The minimum atomic E-state index is 0.803. The van der Waals surface area contributed by atoms with Crippen LogP contribution in [0.2, 0.25) is 0 Å². The summed E-state index contributed by atoms with van der Waals surface area (Å²) >= 11 is 0. The molecule has 5 rings (SSSR count). The van der Waals surface area contributed by atoms with Crippen LogP contribution in [0.3, 0.4) is 0 Å². The van der Waals surface area contributed by atoms with Gasteiger partial charge in [-0.05, 0) is 52.7 Å². The van der Waals surface area contributed by atoms with Gasteiger partial charge in [0.15, 0.2) is 0 Å². The van der Waals surface area contributed by atoms with Gasteiger partial charge >= 0.3 is 0 Å². The monoisotopic (exact) mass is 419 g/mol. The maximum Gasteiger partial charge on any atom is 0.254 e. The van der Waals surface area contributed by atoms with Gasteiger partial charge in [0.05, 0.1) is 19.8 Å². The molecular weight excluding hydrogens is 396 g/mol. The van der Waals surface area contributed by atoms with Crippen molar-refractivity contribution in [2.75, 3.05) is 14.2 Å². The first-order valence-electron chi connectivity index (χ1n) is 10.5. The Morgan fingerprint density at radius 1 is 0.625 bits per heavy atom. The van der Waals surface area contributed by atoms with Crippen molar-refractivity contribution in [2.45, 2.75) is 0 Å². The first kappa shape index (κ1) is 19.8. The molecule has 0 saturated heterocycles. The van der Waals surface area contributed by atoms with Gasteiger partial charge in [0, 0.05) is 28.2 Å². The van der Waals surface area contributed by atoms with Crippen molar-refractivity contribution >= 4 is 10.9 Å². The molecule has 0 fully saturated rings. The van der Waals surface area contributed by atoms with E-state index >= 15 is 0 Å². The lowest BCUT2D eigenvalue weighted by molar-refractivity contribution is -0.645. The Morgan fingerprint density at radius 3 is 1.84 bits per heavy atom. The molecule has 0 saturated carbocycles. The third-order valence-corrected chi connectivity index (χ3v) is 5.56. The van der Waals surface area contributed by atoms with Crippen molar-refractivity contribution in [1.82, 2.24) is 5.10 Å². The molecule has 4 heteroatoms. The Morgan fingerprint density at radius 2 is 1.22 bits per heavy atom. The van der Waals surface area contributed by atoms with Crippen LogP contribution in [-0.2, 0) is 0 Å². The zero-order valence-electron chi connectivity index (χ0n) is 18.0. The number of fused-ring (bicyclic) bond motifs is 1. The van der Waals surface area contributed by atoms with Crippen LogP contribution in [0.1, 0.15) is 0 Å². The van der Waals surface area contributed by atoms with Crippen LogP contribution in [0.25, 0.3) is 39.0 Å². The minimum absolute atomic E-state index is 0.803. The molecule has 4 aromatic carbocycles. The van der Waals surface area contributed by atoms with Crippen LogP contribution in [0.5, 0.6) is 11.5 Å². The van der Waals surface area contributed by atoms with E-state index in [1.54, 1.807) is 14.2 Å². The van der Waals surface area contributed by atoms with Crippen LogP contribution in [0.15, 0.2) is 103 Å². The smallest absolute Gasteiger partial charge is 0.254 e. The summed E-state index contributed by atoms with van der Waals surface area (Å²) in [5, 5.41) is 6.10. The third-order valence-electron chi connectivity index (χ3n) is 5.56. The molecule has 0 aliphatic heterocycles. The van der Waals surface area contributed by atoms with Crippen LogP contribution in [0.4, 0.5) is 0 Å². The zero-order chi connectivity index (χ0) is 21.9. The van der Waals surface area contributed by atoms with E-state index in [9.17, 15) is 0 Å². The van der Waals surface area contributed by atoms with E-state index in [-0.39, 0.29) is 0 Å². The molecule has 0 amide bonds. The molecule has 32 heavy (non-hydrogen) atoms. The van der Waals surface area contributed by atoms with E-state index in [0.717, 1.165) is 50.5 Å². The molecule has 0 N–H and O–H groups in total. The van der Waals surface area contributed by atoms with Gasteiger partial charge in [0.2, 0.25) is 5.69 Å². The summed E-state index contributed by atoms with van der Waals surface area (Å²) in [6, 6.07) is 34.8. The van der Waals surface area contributed by atoms with Crippen molar-refractivity contribution in [2.24, 2.45) is 0 Å². The number of hydrogen-bond acceptors (Lipinski definition) is 3. The van der Waals surface area contributed by atoms with Gasteiger partial charge in [-0.1, -0.05) is 48.5 Å². The van der Waals surface area contributed by atoms with Crippen LogP contribution in [-0.4, -0.2) is 19.3 Å². The molecule has 0 spiro atoms. The highest BCUT2D eigenvalue weighted by Gasteiger charge is 2.27. The second-order valence-corrected chi connectivity index (χ2v) is 7.45. The average Bonchev–Trinajstić information content (AvgIpc) is 2.88. The van der Waals surface area contributed by atoms with Gasteiger partial charge in [0.25, 0.3) is 5.69 Å². The minimum Gasteiger partial charge on any atom is -0.497 e. The molecule has 0 aliphatic rings. The normalized spacial score (nSPS) is 10.8. The number of ether oxygens (including phenoxy) is 2. The predicted octanol–water partition coefficient (Wildman–Crippen LogP) is 5.86. The van der Waals surface area contributed by atoms with Crippen molar-refractivity contribution in [3.05, 3.63) is 103 Å². The average molecular weight is 420 g/mol. The lowest BCUT2D eigenvalue weighted by Crippen LogP contribution is -2.38. The number of rotatable bonds is 5. The number of methoxy groups -OCH3 is 2. The van der Waals surface area contributed by atoms with Gasteiger partial charge in [0.1, 0.15) is 17.0 Å². The van der Waals surface area contributed by atoms with E-state index in [4.69, 9.17) is 14.6 Å². The summed E-state index contributed by atoms with van der Waals surface area (Å²) in [6.07, 6.45) is 0. The molecule has 0 bridgehead atoms. The highest BCUT2D eigenvalue weighted by atomic mass is 16.5. The van der Waals surface area contributed by atoms with Crippen LogP contribution in [0, 0.1) is 0 Å². The number of aromatic nitrogens is 2. The molecule has 1 aromatic heterocycles. The molecular formula is C28H23N2O2+. The Hall–Kier alpha value is -4.18. The van der Waals surface area contributed by atoms with Crippen molar-refractivity contribution in [3.63, 3.8) is 0 Å². The molecule has 0 aliphatic carbocycles. The number of hydrogen-bond donors (Lipinski definition) is 0. The number of benzene rings is 4. The van der Waals surface area contributed by atoms with Crippen LogP contribution >= 0.6 is 0 Å². The molecule has 0 unspecified atom stereocenters. The standard InChI is InChI=1S/C28H23N2O2/c1-31-23-15-13-22(14-16-23)30-28(21-11-7-4-8-12-21)27(20-9-5-3-6-10-20)25-19-24(32-2)17-18-26(25)29-30/h3-19H,1-2H3/q+1. The Balaban J connectivity index is 1.93. The van der Waals surface area contributed by atoms with Gasteiger partial charge in [-0.15, -0.1) is 0 Å². The zero-order valence-corrected chi connectivity index (χ0v) is 18.0. The molecule has 1 heterocycles. The van der Waals surface area contributed by atoms with Crippen molar-refractivity contribution in [3.8, 4) is 39.6 Å². The maximum atomic E-state index is 5.55. The summed E-state index contributed by atoms with van der Waals surface area (Å²) in [7, 11) is 3.36. The second kappa shape index (κ2) is 8.52. The van der Waals surface area contributed by atoms with Crippen LogP contribution < -0.4 is 14.2 Å². The Kier molecular flexibility index (Phi) is 5.26. The van der Waals surface area contributed by atoms with E-state index < -0.39 is 0 Å². The first-order valence-corrected chi connectivity index (χ1v) is 10.5. The van der Waals surface area contributed by atoms with Gasteiger partial charge < -0.3 is 9.47 Å². The summed E-state index contributed by atoms with van der Waals surface area (Å²) in [5.41, 5.74) is 6.17. The molecule has 4 nitrogen and oxygen atoms in total. The SMILES string of the molecule is COc1ccc(-[n+]2nc3ccc(OC)cc3c(-c3ccccc3)c2-c2ccccc2)cc1. The van der Waals surface area contributed by atoms with Crippen molar-refractivity contribution in [1.29, 1.82) is 0 Å². The van der Waals surface area contributed by atoms with Gasteiger partial charge in [-0.25, -0.2) is 0 Å². The summed E-state index contributed by atoms with van der Waals surface area (Å²) in [4.78, 5) is 0. The van der Waals surface area contributed by atoms with E-state index in [2.05, 4.69) is 54.6 Å². The second-order valence-electron chi connectivity index (χ2n) is 7.45. The van der Waals surface area contributed by atoms with Gasteiger partial charge in [-0.3, -0.25) is 0 Å². The fourth-order valence-electron chi connectivity index (χ4n) is 3.99. The highest BCUT2D eigenvalue weighted by Crippen LogP contribution is 2.37. The fraction of sp³-hybridized carbons (Fsp3) is 0.0714.